The second kappa shape index (κ2) is 5.16. The zero-order valence-electron chi connectivity index (χ0n) is 11.2. The lowest BCUT2D eigenvalue weighted by Gasteiger charge is -2.24. The number of hydrogen-bond acceptors (Lipinski definition) is 3. The molecule has 3 rings (SSSR count). The molecular formula is C14H19IN2O2. The molecule has 1 saturated carbocycles. The van der Waals surface area contributed by atoms with Gasteiger partial charge in [0.05, 0.1) is 33.8 Å². The van der Waals surface area contributed by atoms with Crippen LogP contribution in [0.5, 0.6) is 0 Å². The highest BCUT2D eigenvalue weighted by Crippen LogP contribution is 2.43. The molecule has 1 aromatic rings. The standard InChI is InChI=1S/C14H19IN2O2/c1-10-12(15)13(18)17(9-16-10)8-11-4-7-14(19-11)5-2-3-6-14/h9,11H,2-8H2,1H3. The predicted octanol–water partition coefficient (Wildman–Crippen LogP) is 2.65. The molecule has 1 aliphatic carbocycles. The van der Waals surface area contributed by atoms with Gasteiger partial charge in [-0.2, -0.15) is 0 Å². The van der Waals surface area contributed by atoms with Crippen molar-refractivity contribution in [3.8, 4) is 0 Å². The van der Waals surface area contributed by atoms with Crippen molar-refractivity contribution in [2.45, 2.75) is 63.7 Å². The zero-order valence-corrected chi connectivity index (χ0v) is 13.4. The van der Waals surface area contributed by atoms with Gasteiger partial charge in [0.15, 0.2) is 0 Å². The second-order valence-electron chi connectivity index (χ2n) is 5.77. The number of aryl methyl sites for hydroxylation is 1. The van der Waals surface area contributed by atoms with Crippen LogP contribution in [0.3, 0.4) is 0 Å². The summed E-state index contributed by atoms with van der Waals surface area (Å²) in [5, 5.41) is 0. The first-order chi connectivity index (χ1) is 9.10. The Kier molecular flexibility index (Phi) is 3.68. The minimum Gasteiger partial charge on any atom is -0.370 e. The van der Waals surface area contributed by atoms with Gasteiger partial charge in [-0.3, -0.25) is 9.36 Å². The van der Waals surface area contributed by atoms with E-state index >= 15 is 0 Å². The quantitative estimate of drug-likeness (QED) is 0.748. The van der Waals surface area contributed by atoms with Crippen LogP contribution in [0.2, 0.25) is 0 Å². The van der Waals surface area contributed by atoms with Gasteiger partial charge in [-0.1, -0.05) is 12.8 Å². The summed E-state index contributed by atoms with van der Waals surface area (Å²) < 4.78 is 8.67. The largest absolute Gasteiger partial charge is 0.370 e. The normalized spacial score (nSPS) is 25.3. The van der Waals surface area contributed by atoms with Crippen LogP contribution >= 0.6 is 22.6 Å². The van der Waals surface area contributed by atoms with Gasteiger partial charge in [-0.15, -0.1) is 0 Å². The Morgan fingerprint density at radius 1 is 1.47 bits per heavy atom. The van der Waals surface area contributed by atoms with Gasteiger partial charge in [-0.05, 0) is 55.2 Å². The number of ether oxygens (including phenoxy) is 1. The van der Waals surface area contributed by atoms with Crippen LogP contribution in [0, 0.1) is 10.5 Å². The van der Waals surface area contributed by atoms with Crippen molar-refractivity contribution in [2.75, 3.05) is 0 Å². The molecule has 19 heavy (non-hydrogen) atoms. The van der Waals surface area contributed by atoms with E-state index in [4.69, 9.17) is 4.74 Å². The molecule has 2 aliphatic rings. The Balaban J connectivity index is 1.73. The Labute approximate surface area is 126 Å². The second-order valence-corrected chi connectivity index (χ2v) is 6.85. The van der Waals surface area contributed by atoms with Crippen LogP contribution in [0.25, 0.3) is 0 Å². The van der Waals surface area contributed by atoms with E-state index in [0.717, 1.165) is 18.5 Å². The molecule has 0 bridgehead atoms. The van der Waals surface area contributed by atoms with E-state index in [-0.39, 0.29) is 17.3 Å². The predicted molar refractivity (Wildman–Crippen MR) is 81.3 cm³/mol. The molecule has 1 spiro atoms. The highest BCUT2D eigenvalue weighted by Gasteiger charge is 2.42. The van der Waals surface area contributed by atoms with Gasteiger partial charge in [0.2, 0.25) is 0 Å². The minimum absolute atomic E-state index is 0.0593. The van der Waals surface area contributed by atoms with Gasteiger partial charge in [0.25, 0.3) is 5.56 Å². The summed E-state index contributed by atoms with van der Waals surface area (Å²) >= 11 is 2.08. The molecule has 1 unspecified atom stereocenters. The van der Waals surface area contributed by atoms with Crippen LogP contribution < -0.4 is 5.56 Å². The molecule has 1 saturated heterocycles. The fraction of sp³-hybridized carbons (Fsp3) is 0.714. The topological polar surface area (TPSA) is 44.1 Å². The third-order valence-electron chi connectivity index (χ3n) is 4.41. The van der Waals surface area contributed by atoms with E-state index < -0.39 is 0 Å². The molecule has 4 nitrogen and oxygen atoms in total. The lowest BCUT2D eigenvalue weighted by Crippen LogP contribution is -2.31. The molecule has 1 aromatic heterocycles. The summed E-state index contributed by atoms with van der Waals surface area (Å²) in [6.45, 7) is 2.51. The maximum atomic E-state index is 12.2. The lowest BCUT2D eigenvalue weighted by atomic mass is 9.98. The van der Waals surface area contributed by atoms with Crippen molar-refractivity contribution in [1.29, 1.82) is 0 Å². The number of rotatable bonds is 2. The maximum absolute atomic E-state index is 12.2. The highest BCUT2D eigenvalue weighted by molar-refractivity contribution is 14.1. The van der Waals surface area contributed by atoms with Crippen molar-refractivity contribution >= 4 is 22.6 Å². The molecule has 2 heterocycles. The smallest absolute Gasteiger partial charge is 0.267 e. The summed E-state index contributed by atoms with van der Waals surface area (Å²) in [4.78, 5) is 16.4. The van der Waals surface area contributed by atoms with E-state index in [9.17, 15) is 4.79 Å². The van der Waals surface area contributed by atoms with Gasteiger partial charge < -0.3 is 4.74 Å². The van der Waals surface area contributed by atoms with Crippen molar-refractivity contribution < 1.29 is 4.74 Å². The molecule has 1 aliphatic heterocycles. The third kappa shape index (κ3) is 2.59. The zero-order chi connectivity index (χ0) is 13.5. The number of nitrogens with zero attached hydrogens (tertiary/aromatic N) is 2. The number of halogens is 1. The SMILES string of the molecule is Cc1ncn(CC2CCC3(CCCC3)O2)c(=O)c1I. The molecule has 0 aromatic carbocycles. The Morgan fingerprint density at radius 2 is 2.21 bits per heavy atom. The lowest BCUT2D eigenvalue weighted by molar-refractivity contribution is -0.0422. The van der Waals surface area contributed by atoms with Crippen molar-refractivity contribution in [3.63, 3.8) is 0 Å². The van der Waals surface area contributed by atoms with E-state index in [1.54, 1.807) is 10.9 Å². The minimum atomic E-state index is 0.0593. The van der Waals surface area contributed by atoms with E-state index in [1.807, 2.05) is 6.92 Å². The maximum Gasteiger partial charge on any atom is 0.267 e. The van der Waals surface area contributed by atoms with Gasteiger partial charge in [0.1, 0.15) is 0 Å². The van der Waals surface area contributed by atoms with Crippen LogP contribution in [0.15, 0.2) is 11.1 Å². The molecule has 0 amide bonds. The monoisotopic (exact) mass is 374 g/mol. The number of hydrogen-bond donors (Lipinski definition) is 0. The van der Waals surface area contributed by atoms with Gasteiger partial charge in [-0.25, -0.2) is 4.98 Å². The van der Waals surface area contributed by atoms with Crippen LogP contribution in [-0.2, 0) is 11.3 Å². The molecule has 104 valence electrons. The molecule has 5 heteroatoms. The van der Waals surface area contributed by atoms with E-state index in [0.29, 0.717) is 10.1 Å². The third-order valence-corrected chi connectivity index (χ3v) is 5.65. The molecular weight excluding hydrogens is 355 g/mol. The van der Waals surface area contributed by atoms with E-state index in [2.05, 4.69) is 27.6 Å². The Hall–Kier alpha value is -0.430. The Morgan fingerprint density at radius 3 is 2.95 bits per heavy atom. The molecule has 0 radical (unpaired) electrons. The van der Waals surface area contributed by atoms with Crippen molar-refractivity contribution in [2.24, 2.45) is 0 Å². The Bertz CT molecular complexity index is 535. The average molecular weight is 374 g/mol. The van der Waals surface area contributed by atoms with Gasteiger partial charge >= 0.3 is 0 Å². The highest BCUT2D eigenvalue weighted by atomic mass is 127. The van der Waals surface area contributed by atoms with Crippen LogP contribution in [0.4, 0.5) is 0 Å². The van der Waals surface area contributed by atoms with Gasteiger partial charge in [0, 0.05) is 0 Å². The van der Waals surface area contributed by atoms with Crippen LogP contribution in [-0.4, -0.2) is 21.3 Å². The average Bonchev–Trinajstić information content (AvgIpc) is 3.01. The van der Waals surface area contributed by atoms with Crippen LogP contribution in [0.1, 0.15) is 44.2 Å². The van der Waals surface area contributed by atoms with E-state index in [1.165, 1.54) is 25.7 Å². The fourth-order valence-electron chi connectivity index (χ4n) is 3.31. The summed E-state index contributed by atoms with van der Waals surface area (Å²) in [7, 11) is 0. The summed E-state index contributed by atoms with van der Waals surface area (Å²) in [5.41, 5.74) is 1.00. The van der Waals surface area contributed by atoms with Crippen molar-refractivity contribution in [3.05, 3.63) is 25.9 Å². The first-order valence-electron chi connectivity index (χ1n) is 6.99. The first kappa shape index (κ1) is 13.5. The molecule has 1 atom stereocenters. The van der Waals surface area contributed by atoms with Crippen molar-refractivity contribution in [1.82, 2.24) is 9.55 Å². The number of aromatic nitrogens is 2. The molecule has 0 N–H and O–H groups in total. The summed E-state index contributed by atoms with van der Waals surface area (Å²) in [6, 6.07) is 0. The summed E-state index contributed by atoms with van der Waals surface area (Å²) in [5.74, 6) is 0. The summed E-state index contributed by atoms with van der Waals surface area (Å²) in [6.07, 6.45) is 9.02. The fourth-order valence-corrected chi connectivity index (χ4v) is 3.76. The molecule has 2 fully saturated rings. The first-order valence-corrected chi connectivity index (χ1v) is 8.07.